The minimum absolute atomic E-state index is 0.0539. The number of fused-ring (bicyclic) bond motifs is 4. The van der Waals surface area contributed by atoms with Crippen molar-refractivity contribution in [3.05, 3.63) is 28.8 Å². The highest BCUT2D eigenvalue weighted by molar-refractivity contribution is 5.79. The van der Waals surface area contributed by atoms with E-state index in [4.69, 9.17) is 14.2 Å². The predicted molar refractivity (Wildman–Crippen MR) is 100 cm³/mol. The zero-order valence-corrected chi connectivity index (χ0v) is 16.2. The molecule has 0 spiro atoms. The van der Waals surface area contributed by atoms with Crippen LogP contribution in [0.4, 0.5) is 0 Å². The quantitative estimate of drug-likeness (QED) is 0.746. The standard InChI is InChI=1S/C22H28O4/c1-13(23)26-20-8-7-18-16-6-5-14-11-15(24-3)12-19(25-4)21(14)17(16)9-10-22(18,20)2/h11-12,18,20H,5-10H2,1-4H3/t18-,20-,22-/m0/s1. The number of benzene rings is 1. The van der Waals surface area contributed by atoms with Gasteiger partial charge in [0.1, 0.15) is 17.6 Å². The van der Waals surface area contributed by atoms with Crippen LogP contribution in [0.2, 0.25) is 0 Å². The molecule has 0 saturated heterocycles. The molecule has 0 aliphatic heterocycles. The maximum absolute atomic E-state index is 11.5. The molecule has 3 atom stereocenters. The first-order valence-corrected chi connectivity index (χ1v) is 9.62. The molecule has 4 heteroatoms. The highest BCUT2D eigenvalue weighted by Crippen LogP contribution is 2.59. The number of hydrogen-bond donors (Lipinski definition) is 0. The average molecular weight is 356 g/mol. The molecule has 0 unspecified atom stereocenters. The summed E-state index contributed by atoms with van der Waals surface area (Å²) in [6.45, 7) is 3.85. The topological polar surface area (TPSA) is 44.8 Å². The van der Waals surface area contributed by atoms with E-state index in [1.165, 1.54) is 23.6 Å². The van der Waals surface area contributed by atoms with E-state index in [0.29, 0.717) is 5.92 Å². The van der Waals surface area contributed by atoms with Gasteiger partial charge in [-0.25, -0.2) is 0 Å². The summed E-state index contributed by atoms with van der Waals surface area (Å²) < 4.78 is 16.9. The summed E-state index contributed by atoms with van der Waals surface area (Å²) in [6, 6.07) is 4.16. The van der Waals surface area contributed by atoms with Gasteiger partial charge < -0.3 is 14.2 Å². The van der Waals surface area contributed by atoms with Crippen LogP contribution in [-0.2, 0) is 16.0 Å². The van der Waals surface area contributed by atoms with Gasteiger partial charge in [0.25, 0.3) is 0 Å². The molecule has 4 rings (SSSR count). The molecule has 4 nitrogen and oxygen atoms in total. The van der Waals surface area contributed by atoms with Crippen molar-refractivity contribution in [1.29, 1.82) is 0 Å². The first-order valence-electron chi connectivity index (χ1n) is 9.62. The molecule has 0 radical (unpaired) electrons. The third-order valence-corrected chi connectivity index (χ3v) is 6.86. The van der Waals surface area contributed by atoms with Crippen molar-refractivity contribution in [2.75, 3.05) is 14.2 Å². The van der Waals surface area contributed by atoms with Gasteiger partial charge in [-0.15, -0.1) is 0 Å². The largest absolute Gasteiger partial charge is 0.497 e. The van der Waals surface area contributed by atoms with Gasteiger partial charge in [-0.2, -0.15) is 0 Å². The first kappa shape index (κ1) is 17.4. The van der Waals surface area contributed by atoms with Crippen molar-refractivity contribution in [3.8, 4) is 11.5 Å². The summed E-state index contributed by atoms with van der Waals surface area (Å²) in [7, 11) is 3.44. The normalized spacial score (nSPS) is 29.5. The molecule has 140 valence electrons. The number of methoxy groups -OCH3 is 2. The summed E-state index contributed by atoms with van der Waals surface area (Å²) in [6.07, 6.45) is 6.33. The van der Waals surface area contributed by atoms with Crippen molar-refractivity contribution >= 4 is 11.5 Å². The van der Waals surface area contributed by atoms with E-state index in [1.807, 2.05) is 6.07 Å². The fourth-order valence-corrected chi connectivity index (χ4v) is 5.61. The Hall–Kier alpha value is -1.97. The SMILES string of the molecule is COc1cc2c(c(OC)c1)C1=C(CC2)[C@@H]2CC[C@H](OC(C)=O)[C@@]2(C)CC1. The number of carbonyl (C=O) groups is 1. The highest BCUT2D eigenvalue weighted by Gasteiger charge is 2.52. The Morgan fingerprint density at radius 1 is 1.12 bits per heavy atom. The van der Waals surface area contributed by atoms with Crippen LogP contribution >= 0.6 is 0 Å². The summed E-state index contributed by atoms with van der Waals surface area (Å²) >= 11 is 0. The smallest absolute Gasteiger partial charge is 0.302 e. The van der Waals surface area contributed by atoms with E-state index in [0.717, 1.165) is 50.0 Å². The molecule has 1 fully saturated rings. The second-order valence-electron chi connectivity index (χ2n) is 8.10. The van der Waals surface area contributed by atoms with Gasteiger partial charge in [-0.1, -0.05) is 12.5 Å². The molecular weight excluding hydrogens is 328 g/mol. The summed E-state index contributed by atoms with van der Waals surface area (Å²) in [5.74, 6) is 2.14. The van der Waals surface area contributed by atoms with Crippen LogP contribution in [0, 0.1) is 11.3 Å². The first-order chi connectivity index (χ1) is 12.5. The van der Waals surface area contributed by atoms with E-state index in [1.54, 1.807) is 19.8 Å². The Morgan fingerprint density at radius 3 is 2.62 bits per heavy atom. The molecule has 0 bridgehead atoms. The van der Waals surface area contributed by atoms with E-state index in [9.17, 15) is 4.79 Å². The molecule has 3 aliphatic carbocycles. The summed E-state index contributed by atoms with van der Waals surface area (Å²) in [5, 5.41) is 0. The minimum Gasteiger partial charge on any atom is -0.497 e. The van der Waals surface area contributed by atoms with Crippen molar-refractivity contribution in [1.82, 2.24) is 0 Å². The second-order valence-corrected chi connectivity index (χ2v) is 8.10. The predicted octanol–water partition coefficient (Wildman–Crippen LogP) is 4.55. The van der Waals surface area contributed by atoms with Crippen molar-refractivity contribution < 1.29 is 19.0 Å². The molecule has 0 N–H and O–H groups in total. The monoisotopic (exact) mass is 356 g/mol. The number of hydrogen-bond acceptors (Lipinski definition) is 4. The average Bonchev–Trinajstić information content (AvgIpc) is 2.96. The Kier molecular flexibility index (Phi) is 4.25. The second kappa shape index (κ2) is 6.33. The molecule has 0 amide bonds. The molecule has 26 heavy (non-hydrogen) atoms. The molecule has 0 heterocycles. The van der Waals surface area contributed by atoms with Crippen molar-refractivity contribution in [3.63, 3.8) is 0 Å². The maximum atomic E-state index is 11.5. The summed E-state index contributed by atoms with van der Waals surface area (Å²) in [5.41, 5.74) is 5.73. The fourth-order valence-electron chi connectivity index (χ4n) is 5.61. The number of esters is 1. The van der Waals surface area contributed by atoms with Gasteiger partial charge in [-0.05, 0) is 61.6 Å². The third-order valence-electron chi connectivity index (χ3n) is 6.86. The Labute approximate surface area is 155 Å². The van der Waals surface area contributed by atoms with Crippen LogP contribution in [0.1, 0.15) is 57.1 Å². The van der Waals surface area contributed by atoms with Crippen molar-refractivity contribution in [2.45, 2.75) is 58.5 Å². The van der Waals surface area contributed by atoms with E-state index in [-0.39, 0.29) is 17.5 Å². The number of ether oxygens (including phenoxy) is 3. The van der Waals surface area contributed by atoms with Crippen LogP contribution < -0.4 is 9.47 Å². The van der Waals surface area contributed by atoms with E-state index >= 15 is 0 Å². The lowest BCUT2D eigenvalue weighted by atomic mass is 9.62. The van der Waals surface area contributed by atoms with Gasteiger partial charge in [0, 0.05) is 24.0 Å². The van der Waals surface area contributed by atoms with E-state index < -0.39 is 0 Å². The minimum atomic E-state index is -0.153. The van der Waals surface area contributed by atoms with Crippen LogP contribution in [0.25, 0.3) is 5.57 Å². The third kappa shape index (κ3) is 2.53. The Balaban J connectivity index is 1.76. The Morgan fingerprint density at radius 2 is 1.92 bits per heavy atom. The fraction of sp³-hybridized carbons (Fsp3) is 0.591. The van der Waals surface area contributed by atoms with Gasteiger partial charge in [-0.3, -0.25) is 4.79 Å². The number of aryl methyl sites for hydroxylation is 1. The van der Waals surface area contributed by atoms with Crippen LogP contribution in [-0.4, -0.2) is 26.3 Å². The lowest BCUT2D eigenvalue weighted by molar-refractivity contribution is -0.152. The molecule has 1 aromatic carbocycles. The van der Waals surface area contributed by atoms with Crippen LogP contribution in [0.15, 0.2) is 17.7 Å². The van der Waals surface area contributed by atoms with Crippen molar-refractivity contribution in [2.24, 2.45) is 11.3 Å². The lowest BCUT2D eigenvalue weighted by Crippen LogP contribution is -2.39. The van der Waals surface area contributed by atoms with Crippen LogP contribution in [0.3, 0.4) is 0 Å². The highest BCUT2D eigenvalue weighted by atomic mass is 16.5. The van der Waals surface area contributed by atoms with Crippen LogP contribution in [0.5, 0.6) is 11.5 Å². The maximum Gasteiger partial charge on any atom is 0.302 e. The molecule has 1 saturated carbocycles. The molecular formula is C22H28O4. The molecule has 0 aromatic heterocycles. The van der Waals surface area contributed by atoms with E-state index in [2.05, 4.69) is 13.0 Å². The Bertz CT molecular complexity index is 779. The number of allylic oxidation sites excluding steroid dienone is 2. The van der Waals surface area contributed by atoms with Gasteiger partial charge in [0.05, 0.1) is 14.2 Å². The number of rotatable bonds is 3. The lowest BCUT2D eigenvalue weighted by Gasteiger charge is -2.44. The van der Waals surface area contributed by atoms with Gasteiger partial charge in [0.15, 0.2) is 0 Å². The zero-order valence-electron chi connectivity index (χ0n) is 16.2. The van der Waals surface area contributed by atoms with Gasteiger partial charge in [0.2, 0.25) is 0 Å². The zero-order chi connectivity index (χ0) is 18.5. The number of carbonyl (C=O) groups excluding carboxylic acids is 1. The molecule has 3 aliphatic rings. The molecule has 1 aromatic rings. The summed E-state index contributed by atoms with van der Waals surface area (Å²) in [4.78, 5) is 11.5. The van der Waals surface area contributed by atoms with Gasteiger partial charge >= 0.3 is 5.97 Å².